The molecule has 7 nitrogen and oxygen atoms in total. The Bertz CT molecular complexity index is 1160. The van der Waals surface area contributed by atoms with Gasteiger partial charge >= 0.3 is 6.18 Å². The van der Waals surface area contributed by atoms with Crippen LogP contribution in [0, 0.1) is 5.92 Å². The van der Waals surface area contributed by atoms with Crippen LogP contribution < -0.4 is 22.3 Å². The standard InChI is InChI=1S/C19H19ClF3N5O2S/c20-15-8-12(19(25)26-17(24)27-28-19)7-14(18(21,22)23)16(15)11-3-5-13(6-4-11)31(29,30)9-10-1-2-10/h3-8,10,28H,1-2,9,25H2,(H3,24,26,27). The van der Waals surface area contributed by atoms with Crippen LogP contribution in [0.4, 0.5) is 13.2 Å². The predicted molar refractivity (Wildman–Crippen MR) is 110 cm³/mol. The molecule has 2 aliphatic rings. The molecule has 1 aliphatic carbocycles. The van der Waals surface area contributed by atoms with Gasteiger partial charge in [0.05, 0.1) is 16.2 Å². The highest BCUT2D eigenvalue weighted by atomic mass is 35.5. The van der Waals surface area contributed by atoms with Gasteiger partial charge in [0.2, 0.25) is 11.7 Å². The van der Waals surface area contributed by atoms with Crippen LogP contribution >= 0.6 is 11.6 Å². The van der Waals surface area contributed by atoms with Gasteiger partial charge in [-0.15, -0.1) is 0 Å². The lowest BCUT2D eigenvalue weighted by Gasteiger charge is -2.24. The molecular formula is C19H19ClF3N5O2S. The van der Waals surface area contributed by atoms with Gasteiger partial charge in [-0.05, 0) is 48.6 Å². The van der Waals surface area contributed by atoms with Gasteiger partial charge in [-0.3, -0.25) is 11.2 Å². The Hall–Kier alpha value is -2.34. The minimum atomic E-state index is -4.76. The molecule has 0 radical (unpaired) electrons. The maximum atomic E-state index is 13.9. The average Bonchev–Trinajstić information content (AvgIpc) is 3.41. The molecule has 1 atom stereocenters. The third-order valence-corrected chi connectivity index (χ3v) is 7.37. The van der Waals surface area contributed by atoms with Gasteiger partial charge in [-0.2, -0.15) is 18.6 Å². The third-order valence-electron chi connectivity index (χ3n) is 5.17. The molecule has 2 aromatic rings. The summed E-state index contributed by atoms with van der Waals surface area (Å²) >= 11 is 6.26. The summed E-state index contributed by atoms with van der Waals surface area (Å²) in [6.45, 7) is 0. The summed E-state index contributed by atoms with van der Waals surface area (Å²) in [7, 11) is -3.49. The number of benzene rings is 2. The molecule has 0 aromatic heterocycles. The highest BCUT2D eigenvalue weighted by molar-refractivity contribution is 7.91. The third kappa shape index (κ3) is 4.36. The number of hydrogen-bond donors (Lipinski definition) is 4. The number of rotatable bonds is 5. The normalized spacial score (nSPS) is 21.6. The van der Waals surface area contributed by atoms with Crippen molar-refractivity contribution in [2.45, 2.75) is 29.7 Å². The van der Waals surface area contributed by atoms with Crippen molar-refractivity contribution in [2.75, 3.05) is 5.75 Å². The molecule has 4 rings (SSSR count). The van der Waals surface area contributed by atoms with Crippen LogP contribution in [0.1, 0.15) is 24.0 Å². The van der Waals surface area contributed by atoms with Gasteiger partial charge in [0, 0.05) is 16.1 Å². The topological polar surface area (TPSA) is 123 Å². The summed E-state index contributed by atoms with van der Waals surface area (Å²) < 4.78 is 66.6. The van der Waals surface area contributed by atoms with Gasteiger partial charge < -0.3 is 5.73 Å². The Balaban J connectivity index is 1.77. The van der Waals surface area contributed by atoms with Crippen LogP contribution in [-0.2, 0) is 21.8 Å². The van der Waals surface area contributed by atoms with Crippen molar-refractivity contribution in [2.24, 2.45) is 22.4 Å². The first-order valence-electron chi connectivity index (χ1n) is 9.31. The van der Waals surface area contributed by atoms with Crippen LogP contribution in [-0.4, -0.2) is 20.1 Å². The molecule has 166 valence electrons. The Kier molecular flexibility index (Phi) is 5.20. The summed E-state index contributed by atoms with van der Waals surface area (Å²) in [5, 5.41) is -0.217. The molecule has 12 heteroatoms. The Labute approximate surface area is 181 Å². The minimum absolute atomic E-state index is 0.0405. The monoisotopic (exact) mass is 473 g/mol. The summed E-state index contributed by atoms with van der Waals surface area (Å²) in [6.07, 6.45) is -3.02. The number of guanidine groups is 1. The van der Waals surface area contributed by atoms with Gasteiger partial charge in [-0.25, -0.2) is 13.4 Å². The maximum absolute atomic E-state index is 13.9. The van der Waals surface area contributed by atoms with Crippen LogP contribution in [0.5, 0.6) is 0 Å². The molecule has 0 spiro atoms. The lowest BCUT2D eigenvalue weighted by Crippen LogP contribution is -2.50. The van der Waals surface area contributed by atoms with Crippen molar-refractivity contribution in [3.8, 4) is 11.1 Å². The zero-order valence-electron chi connectivity index (χ0n) is 16.0. The number of halogens is 4. The average molecular weight is 474 g/mol. The zero-order chi connectivity index (χ0) is 22.6. The van der Waals surface area contributed by atoms with Gasteiger partial charge in [-0.1, -0.05) is 23.7 Å². The van der Waals surface area contributed by atoms with Crippen molar-refractivity contribution in [1.29, 1.82) is 0 Å². The molecular weight excluding hydrogens is 455 g/mol. The van der Waals surface area contributed by atoms with E-state index < -0.39 is 27.4 Å². The summed E-state index contributed by atoms with van der Waals surface area (Å²) in [4.78, 5) is 3.95. The van der Waals surface area contributed by atoms with Crippen molar-refractivity contribution in [1.82, 2.24) is 10.9 Å². The zero-order valence-corrected chi connectivity index (χ0v) is 17.6. The predicted octanol–water partition coefficient (Wildman–Crippen LogP) is 2.70. The summed E-state index contributed by atoms with van der Waals surface area (Å²) in [5.74, 6) is -1.62. The van der Waals surface area contributed by atoms with Crippen molar-refractivity contribution < 1.29 is 21.6 Å². The Morgan fingerprint density at radius 2 is 1.84 bits per heavy atom. The second-order valence-corrected chi connectivity index (χ2v) is 10.1. The Morgan fingerprint density at radius 3 is 2.35 bits per heavy atom. The molecule has 1 aliphatic heterocycles. The van der Waals surface area contributed by atoms with Crippen molar-refractivity contribution in [3.05, 3.63) is 52.5 Å². The number of sulfone groups is 1. The first-order chi connectivity index (χ1) is 14.4. The minimum Gasteiger partial charge on any atom is -0.369 e. The summed E-state index contributed by atoms with van der Waals surface area (Å²) in [5.41, 5.74) is 15.2. The van der Waals surface area contributed by atoms with E-state index in [1.54, 1.807) is 0 Å². The largest absolute Gasteiger partial charge is 0.417 e. The molecule has 1 saturated carbocycles. The van der Waals surface area contributed by atoms with Crippen LogP contribution in [0.15, 0.2) is 46.3 Å². The highest BCUT2D eigenvalue weighted by Crippen LogP contribution is 2.43. The molecule has 0 saturated heterocycles. The molecule has 1 unspecified atom stereocenters. The Morgan fingerprint density at radius 1 is 1.19 bits per heavy atom. The smallest absolute Gasteiger partial charge is 0.369 e. The van der Waals surface area contributed by atoms with Crippen LogP contribution in [0.3, 0.4) is 0 Å². The first kappa shape index (κ1) is 21.9. The van der Waals surface area contributed by atoms with Crippen molar-refractivity contribution >= 4 is 27.4 Å². The molecule has 1 heterocycles. The molecule has 0 amide bonds. The fourth-order valence-corrected chi connectivity index (χ4v) is 5.43. The van der Waals surface area contributed by atoms with E-state index in [1.807, 2.05) is 0 Å². The highest BCUT2D eigenvalue weighted by Gasteiger charge is 2.39. The number of nitrogens with one attached hydrogen (secondary N) is 2. The SMILES string of the molecule is NC1=NC(N)(c2cc(Cl)c(-c3ccc(S(=O)(=O)CC4CC4)cc3)c(C(F)(F)F)c2)NN1. The second kappa shape index (κ2) is 7.37. The lowest BCUT2D eigenvalue weighted by atomic mass is 9.95. The van der Waals surface area contributed by atoms with Crippen LogP contribution in [0.2, 0.25) is 5.02 Å². The van der Waals surface area contributed by atoms with Gasteiger partial charge in [0.25, 0.3) is 0 Å². The number of aliphatic imine (C=N–C) groups is 1. The summed E-state index contributed by atoms with van der Waals surface area (Å²) in [6, 6.07) is 7.35. The fourth-order valence-electron chi connectivity index (χ4n) is 3.41. The van der Waals surface area contributed by atoms with E-state index >= 15 is 0 Å². The van der Waals surface area contributed by atoms with Crippen LogP contribution in [0.25, 0.3) is 11.1 Å². The number of alkyl halides is 3. The fraction of sp³-hybridized carbons (Fsp3) is 0.316. The van der Waals surface area contributed by atoms with E-state index in [0.29, 0.717) is 0 Å². The van der Waals surface area contributed by atoms with E-state index in [-0.39, 0.29) is 44.2 Å². The maximum Gasteiger partial charge on any atom is 0.417 e. The molecule has 6 N–H and O–H groups in total. The molecule has 1 fully saturated rings. The van der Waals surface area contributed by atoms with E-state index in [9.17, 15) is 21.6 Å². The lowest BCUT2D eigenvalue weighted by molar-refractivity contribution is -0.137. The van der Waals surface area contributed by atoms with E-state index in [4.69, 9.17) is 23.1 Å². The molecule has 31 heavy (non-hydrogen) atoms. The van der Waals surface area contributed by atoms with Gasteiger partial charge in [0.15, 0.2) is 9.84 Å². The van der Waals surface area contributed by atoms with E-state index in [1.165, 1.54) is 30.3 Å². The number of hydrogen-bond acceptors (Lipinski definition) is 7. The first-order valence-corrected chi connectivity index (χ1v) is 11.3. The van der Waals surface area contributed by atoms with E-state index in [2.05, 4.69) is 15.8 Å². The second-order valence-electron chi connectivity index (χ2n) is 7.64. The number of nitrogens with two attached hydrogens (primary N) is 2. The van der Waals surface area contributed by atoms with Gasteiger partial charge in [0.1, 0.15) is 0 Å². The molecule has 2 aromatic carbocycles. The number of hydrazine groups is 1. The number of nitrogens with zero attached hydrogens (tertiary/aromatic N) is 1. The quantitative estimate of drug-likeness (QED) is 0.529. The van der Waals surface area contributed by atoms with Crippen molar-refractivity contribution in [3.63, 3.8) is 0 Å². The molecule has 0 bridgehead atoms. The van der Waals surface area contributed by atoms with E-state index in [0.717, 1.165) is 18.9 Å².